The van der Waals surface area contributed by atoms with E-state index in [1.807, 2.05) is 6.92 Å². The van der Waals surface area contributed by atoms with Crippen molar-refractivity contribution in [2.75, 3.05) is 18.9 Å². The summed E-state index contributed by atoms with van der Waals surface area (Å²) in [7, 11) is 1.64. The fraction of sp³-hybridized carbons (Fsp3) is 0.316. The summed E-state index contributed by atoms with van der Waals surface area (Å²) in [6.07, 6.45) is 0.692. The molecule has 2 heterocycles. The van der Waals surface area contributed by atoms with Crippen molar-refractivity contribution >= 4 is 23.3 Å². The second-order valence-corrected chi connectivity index (χ2v) is 7.06. The molecule has 1 atom stereocenters. The van der Waals surface area contributed by atoms with Crippen molar-refractivity contribution in [1.82, 2.24) is 29.9 Å². The normalized spacial score (nSPS) is 12.5. The highest BCUT2D eigenvalue weighted by atomic mass is 35.5. The molecule has 0 spiro atoms. The topological polar surface area (TPSA) is 88.8 Å². The molecular weight excluding hydrogens is 435 g/mol. The molecule has 164 valence electrons. The van der Waals surface area contributed by atoms with E-state index in [0.29, 0.717) is 28.9 Å². The highest BCUT2D eigenvalue weighted by Gasteiger charge is 2.32. The van der Waals surface area contributed by atoms with Crippen LogP contribution in [0.15, 0.2) is 43.0 Å². The van der Waals surface area contributed by atoms with Crippen molar-refractivity contribution in [1.29, 1.82) is 0 Å². The lowest BCUT2D eigenvalue weighted by molar-refractivity contribution is -0.141. The first-order valence-electron chi connectivity index (χ1n) is 9.27. The Balaban J connectivity index is 1.74. The minimum atomic E-state index is -4.55. The van der Waals surface area contributed by atoms with Crippen LogP contribution >= 0.6 is 11.6 Å². The van der Waals surface area contributed by atoms with Crippen molar-refractivity contribution in [2.24, 2.45) is 0 Å². The van der Waals surface area contributed by atoms with E-state index >= 15 is 0 Å². The first-order valence-corrected chi connectivity index (χ1v) is 9.65. The van der Waals surface area contributed by atoms with Gasteiger partial charge in [-0.3, -0.25) is 4.79 Å². The molecule has 0 unspecified atom stereocenters. The minimum absolute atomic E-state index is 0.177. The van der Waals surface area contributed by atoms with Gasteiger partial charge in [0, 0.05) is 24.7 Å². The lowest BCUT2D eigenvalue weighted by Crippen LogP contribution is -2.41. The maximum absolute atomic E-state index is 13.2. The summed E-state index contributed by atoms with van der Waals surface area (Å²) < 4.78 is 37.9. The minimum Gasteiger partial charge on any atom is -0.367 e. The Kier molecular flexibility index (Phi) is 6.74. The Hall–Kier alpha value is -3.21. The zero-order valence-electron chi connectivity index (χ0n) is 16.6. The molecule has 0 aliphatic rings. The van der Waals surface area contributed by atoms with Crippen LogP contribution in [-0.2, 0) is 6.18 Å². The first kappa shape index (κ1) is 22.5. The van der Waals surface area contributed by atoms with Gasteiger partial charge in [0.05, 0.1) is 36.0 Å². The summed E-state index contributed by atoms with van der Waals surface area (Å²) >= 11 is 6.10. The van der Waals surface area contributed by atoms with E-state index in [-0.39, 0.29) is 24.3 Å². The van der Waals surface area contributed by atoms with Crippen LogP contribution in [0.5, 0.6) is 0 Å². The number of hydrogen-bond donors (Lipinski definition) is 1. The standard InChI is InChI=1S/C19H19ClF3N7O/c1-3-13(9-25-17-11-24-16(10-26-17)19(21,22)23)29(2)18(31)14-8-12(20)4-5-15(14)30-27-6-7-28-30/h4-8,10-11,13H,3,9H2,1-2H3,(H,25,26)/t13-/m0/s1. The monoisotopic (exact) mass is 453 g/mol. The van der Waals surface area contributed by atoms with Crippen molar-refractivity contribution in [2.45, 2.75) is 25.6 Å². The molecule has 1 N–H and O–H groups in total. The van der Waals surface area contributed by atoms with Crippen LogP contribution in [0.3, 0.4) is 0 Å². The van der Waals surface area contributed by atoms with E-state index < -0.39 is 11.9 Å². The lowest BCUT2D eigenvalue weighted by atomic mass is 10.1. The molecule has 0 saturated heterocycles. The van der Waals surface area contributed by atoms with E-state index in [4.69, 9.17) is 11.6 Å². The summed E-state index contributed by atoms with van der Waals surface area (Å²) in [6.45, 7) is 2.15. The number of rotatable bonds is 7. The third kappa shape index (κ3) is 5.29. The van der Waals surface area contributed by atoms with Crippen LogP contribution in [0.4, 0.5) is 19.0 Å². The largest absolute Gasteiger partial charge is 0.434 e. The van der Waals surface area contributed by atoms with Crippen molar-refractivity contribution < 1.29 is 18.0 Å². The Bertz CT molecular complexity index is 1030. The smallest absolute Gasteiger partial charge is 0.367 e. The molecule has 0 saturated carbocycles. The Morgan fingerprint density at radius 1 is 1.23 bits per heavy atom. The number of aromatic nitrogens is 5. The predicted octanol–water partition coefficient (Wildman–Crippen LogP) is 3.69. The third-order valence-corrected chi connectivity index (χ3v) is 4.86. The lowest BCUT2D eigenvalue weighted by Gasteiger charge is -2.28. The van der Waals surface area contributed by atoms with Gasteiger partial charge in [0.25, 0.3) is 5.91 Å². The maximum Gasteiger partial charge on any atom is 0.434 e. The van der Waals surface area contributed by atoms with Gasteiger partial charge in [0.15, 0.2) is 5.69 Å². The summed E-state index contributed by atoms with van der Waals surface area (Å²) in [5.74, 6) is -0.126. The molecule has 0 bridgehead atoms. The van der Waals surface area contributed by atoms with Crippen LogP contribution in [0, 0.1) is 0 Å². The third-order valence-electron chi connectivity index (χ3n) is 4.62. The second kappa shape index (κ2) is 9.29. The zero-order valence-corrected chi connectivity index (χ0v) is 17.4. The van der Waals surface area contributed by atoms with Gasteiger partial charge in [-0.05, 0) is 24.6 Å². The van der Waals surface area contributed by atoms with E-state index in [1.54, 1.807) is 25.2 Å². The number of nitrogens with one attached hydrogen (secondary N) is 1. The molecule has 31 heavy (non-hydrogen) atoms. The SMILES string of the molecule is CC[C@@H](CNc1cnc(C(F)(F)F)cn1)N(C)C(=O)c1cc(Cl)ccc1-n1nccn1. The molecule has 0 aliphatic heterocycles. The summed E-state index contributed by atoms with van der Waals surface area (Å²) in [5, 5.41) is 11.4. The molecule has 2 aromatic heterocycles. The van der Waals surface area contributed by atoms with Crippen LogP contribution in [0.1, 0.15) is 29.4 Å². The van der Waals surface area contributed by atoms with Gasteiger partial charge in [0.2, 0.25) is 0 Å². The number of hydrogen-bond acceptors (Lipinski definition) is 6. The predicted molar refractivity (Wildman–Crippen MR) is 108 cm³/mol. The Labute approximate surface area is 181 Å². The van der Waals surface area contributed by atoms with Gasteiger partial charge in [-0.1, -0.05) is 18.5 Å². The molecule has 3 aromatic rings. The van der Waals surface area contributed by atoms with E-state index in [2.05, 4.69) is 25.5 Å². The van der Waals surface area contributed by atoms with Gasteiger partial charge in [-0.25, -0.2) is 9.97 Å². The summed E-state index contributed by atoms with van der Waals surface area (Å²) in [4.78, 5) is 23.2. The average Bonchev–Trinajstić information content (AvgIpc) is 3.27. The second-order valence-electron chi connectivity index (χ2n) is 6.62. The van der Waals surface area contributed by atoms with Gasteiger partial charge >= 0.3 is 6.18 Å². The van der Waals surface area contributed by atoms with E-state index in [9.17, 15) is 18.0 Å². The quantitative estimate of drug-likeness (QED) is 0.587. The van der Waals surface area contributed by atoms with Gasteiger partial charge in [-0.2, -0.15) is 28.2 Å². The highest BCUT2D eigenvalue weighted by Crippen LogP contribution is 2.27. The number of benzene rings is 1. The number of anilines is 1. The van der Waals surface area contributed by atoms with Crippen LogP contribution in [0.2, 0.25) is 5.02 Å². The number of amides is 1. The van der Waals surface area contributed by atoms with Crippen LogP contribution in [-0.4, -0.2) is 55.4 Å². The van der Waals surface area contributed by atoms with Crippen LogP contribution in [0.25, 0.3) is 5.69 Å². The van der Waals surface area contributed by atoms with Crippen LogP contribution < -0.4 is 5.32 Å². The van der Waals surface area contributed by atoms with Crippen molar-refractivity contribution in [3.63, 3.8) is 0 Å². The van der Waals surface area contributed by atoms with Gasteiger partial charge in [-0.15, -0.1) is 0 Å². The fourth-order valence-corrected chi connectivity index (χ4v) is 3.07. The van der Waals surface area contributed by atoms with E-state index in [0.717, 1.165) is 6.20 Å². The molecular formula is C19H19ClF3N7O. The molecule has 0 fully saturated rings. The summed E-state index contributed by atoms with van der Waals surface area (Å²) in [5.41, 5.74) is -0.278. The van der Waals surface area contributed by atoms with E-state index in [1.165, 1.54) is 22.1 Å². The molecule has 12 heteroatoms. The number of halogens is 4. The number of alkyl halides is 3. The molecule has 1 aromatic carbocycles. The maximum atomic E-state index is 13.2. The Morgan fingerprint density at radius 3 is 2.52 bits per heavy atom. The number of nitrogens with zero attached hydrogens (tertiary/aromatic N) is 6. The summed E-state index contributed by atoms with van der Waals surface area (Å²) in [6, 6.07) is 4.55. The molecule has 0 aliphatic carbocycles. The average molecular weight is 454 g/mol. The zero-order chi connectivity index (χ0) is 22.6. The molecule has 0 radical (unpaired) electrons. The molecule has 1 amide bonds. The number of carbonyl (C=O) groups excluding carboxylic acids is 1. The van der Waals surface area contributed by atoms with Crippen molar-refractivity contribution in [3.8, 4) is 5.69 Å². The fourth-order valence-electron chi connectivity index (χ4n) is 2.89. The highest BCUT2D eigenvalue weighted by molar-refractivity contribution is 6.31. The molecule has 8 nitrogen and oxygen atoms in total. The Morgan fingerprint density at radius 2 is 1.94 bits per heavy atom. The van der Waals surface area contributed by atoms with Gasteiger partial charge in [0.1, 0.15) is 5.82 Å². The van der Waals surface area contributed by atoms with Gasteiger partial charge < -0.3 is 10.2 Å². The first-order chi connectivity index (χ1) is 14.7. The molecule has 3 rings (SSSR count). The van der Waals surface area contributed by atoms with Crippen molar-refractivity contribution in [3.05, 3.63) is 59.3 Å². The number of carbonyl (C=O) groups is 1. The number of likely N-dealkylation sites (N-methyl/N-ethyl adjacent to an activating group) is 1.